The second-order valence-electron chi connectivity index (χ2n) is 5.80. The summed E-state index contributed by atoms with van der Waals surface area (Å²) in [4.78, 5) is 24.4. The van der Waals surface area contributed by atoms with Gasteiger partial charge in [-0.2, -0.15) is 18.3 Å². The monoisotopic (exact) mass is 394 g/mol. The van der Waals surface area contributed by atoms with Crippen LogP contribution in [0.4, 0.5) is 13.2 Å². The van der Waals surface area contributed by atoms with Crippen molar-refractivity contribution in [2.24, 2.45) is 0 Å². The fraction of sp³-hybridized carbons (Fsp3) is 0.235. The molecule has 28 heavy (non-hydrogen) atoms. The first kappa shape index (κ1) is 19.3. The molecular weight excluding hydrogens is 381 g/mol. The van der Waals surface area contributed by atoms with Gasteiger partial charge in [-0.25, -0.2) is 14.1 Å². The Kier molecular flexibility index (Phi) is 4.99. The van der Waals surface area contributed by atoms with E-state index in [-0.39, 0.29) is 23.7 Å². The molecule has 0 aliphatic carbocycles. The summed E-state index contributed by atoms with van der Waals surface area (Å²) < 4.78 is 50.2. The molecule has 0 radical (unpaired) electrons. The van der Waals surface area contributed by atoms with E-state index in [2.05, 4.69) is 20.0 Å². The minimum Gasteiger partial charge on any atom is -0.454 e. The van der Waals surface area contributed by atoms with E-state index in [0.29, 0.717) is 5.69 Å². The van der Waals surface area contributed by atoms with Crippen molar-refractivity contribution in [3.05, 3.63) is 68.9 Å². The SMILES string of the molecule is Cc1nonc1COC(=O)c1nn(-c2ccccc2C(F)(F)F)c(C)cc1=O. The van der Waals surface area contributed by atoms with Gasteiger partial charge >= 0.3 is 12.1 Å². The van der Waals surface area contributed by atoms with Crippen molar-refractivity contribution in [3.8, 4) is 5.69 Å². The molecule has 0 fully saturated rings. The summed E-state index contributed by atoms with van der Waals surface area (Å²) in [6, 6.07) is 5.70. The normalized spacial score (nSPS) is 11.5. The molecule has 2 heterocycles. The predicted molar refractivity (Wildman–Crippen MR) is 87.7 cm³/mol. The van der Waals surface area contributed by atoms with Crippen LogP contribution in [0.25, 0.3) is 5.69 Å². The number of benzene rings is 1. The number of aromatic nitrogens is 4. The van der Waals surface area contributed by atoms with Crippen molar-refractivity contribution < 1.29 is 27.3 Å². The Morgan fingerprint density at radius 1 is 1.21 bits per heavy atom. The Morgan fingerprint density at radius 3 is 2.57 bits per heavy atom. The first-order valence-electron chi connectivity index (χ1n) is 7.91. The first-order chi connectivity index (χ1) is 13.2. The van der Waals surface area contributed by atoms with Gasteiger partial charge in [-0.05, 0) is 26.0 Å². The number of halogens is 3. The number of alkyl halides is 3. The van der Waals surface area contributed by atoms with Crippen LogP contribution < -0.4 is 5.43 Å². The summed E-state index contributed by atoms with van der Waals surface area (Å²) in [5.74, 6) is -1.11. The molecule has 2 aromatic heterocycles. The molecule has 0 aliphatic heterocycles. The van der Waals surface area contributed by atoms with Crippen LogP contribution in [0.2, 0.25) is 0 Å². The zero-order chi connectivity index (χ0) is 20.5. The Balaban J connectivity index is 1.99. The lowest BCUT2D eigenvalue weighted by atomic mass is 10.1. The largest absolute Gasteiger partial charge is 0.454 e. The molecule has 0 aliphatic rings. The van der Waals surface area contributed by atoms with Crippen molar-refractivity contribution in [1.29, 1.82) is 0 Å². The van der Waals surface area contributed by atoms with Crippen molar-refractivity contribution in [2.75, 3.05) is 0 Å². The molecule has 0 saturated carbocycles. The lowest BCUT2D eigenvalue weighted by Gasteiger charge is -2.16. The van der Waals surface area contributed by atoms with E-state index < -0.39 is 28.8 Å². The van der Waals surface area contributed by atoms with Gasteiger partial charge in [0.05, 0.1) is 11.3 Å². The van der Waals surface area contributed by atoms with Crippen LogP contribution in [0.5, 0.6) is 0 Å². The summed E-state index contributed by atoms with van der Waals surface area (Å²) in [6.07, 6.45) is -4.65. The maximum atomic E-state index is 13.3. The first-order valence-corrected chi connectivity index (χ1v) is 7.91. The Labute approximate surface area is 155 Å². The fourth-order valence-corrected chi connectivity index (χ4v) is 2.41. The number of para-hydroxylation sites is 1. The molecule has 1 aromatic carbocycles. The summed E-state index contributed by atoms with van der Waals surface area (Å²) in [5, 5.41) is 10.9. The minimum atomic E-state index is -4.65. The zero-order valence-electron chi connectivity index (χ0n) is 14.6. The van der Waals surface area contributed by atoms with Gasteiger partial charge in [-0.3, -0.25) is 4.79 Å². The molecule has 0 amide bonds. The molecule has 0 unspecified atom stereocenters. The van der Waals surface area contributed by atoms with E-state index in [9.17, 15) is 22.8 Å². The number of carbonyl (C=O) groups excluding carboxylic acids is 1. The van der Waals surface area contributed by atoms with Gasteiger partial charge in [0.25, 0.3) is 0 Å². The lowest BCUT2D eigenvalue weighted by Crippen LogP contribution is -2.25. The Morgan fingerprint density at radius 2 is 1.93 bits per heavy atom. The second kappa shape index (κ2) is 7.25. The highest BCUT2D eigenvalue weighted by Gasteiger charge is 2.34. The number of carbonyl (C=O) groups is 1. The highest BCUT2D eigenvalue weighted by Crippen LogP contribution is 2.33. The number of nitrogens with zero attached hydrogens (tertiary/aromatic N) is 4. The van der Waals surface area contributed by atoms with E-state index >= 15 is 0 Å². The maximum absolute atomic E-state index is 13.3. The number of hydrogen-bond acceptors (Lipinski definition) is 7. The van der Waals surface area contributed by atoms with Crippen LogP contribution in [-0.2, 0) is 17.5 Å². The number of hydrogen-bond donors (Lipinski definition) is 0. The molecule has 0 saturated heterocycles. The van der Waals surface area contributed by atoms with Crippen LogP contribution in [-0.4, -0.2) is 26.1 Å². The van der Waals surface area contributed by atoms with Gasteiger partial charge in [-0.1, -0.05) is 22.4 Å². The second-order valence-corrected chi connectivity index (χ2v) is 5.80. The number of rotatable bonds is 4. The van der Waals surface area contributed by atoms with E-state index in [1.54, 1.807) is 6.92 Å². The van der Waals surface area contributed by atoms with Gasteiger partial charge in [0.2, 0.25) is 11.1 Å². The number of esters is 1. The lowest BCUT2D eigenvalue weighted by molar-refractivity contribution is -0.137. The number of ether oxygens (including phenoxy) is 1. The third-order valence-electron chi connectivity index (χ3n) is 3.82. The van der Waals surface area contributed by atoms with Gasteiger partial charge < -0.3 is 4.74 Å². The average Bonchev–Trinajstić information content (AvgIpc) is 3.04. The van der Waals surface area contributed by atoms with Crippen molar-refractivity contribution in [2.45, 2.75) is 26.6 Å². The molecule has 3 aromatic rings. The maximum Gasteiger partial charge on any atom is 0.418 e. The Bertz CT molecular complexity index is 1090. The molecule has 8 nitrogen and oxygen atoms in total. The van der Waals surface area contributed by atoms with Gasteiger partial charge in [0, 0.05) is 11.8 Å². The van der Waals surface area contributed by atoms with Crippen LogP contribution >= 0.6 is 0 Å². The summed E-state index contributed by atoms with van der Waals surface area (Å²) >= 11 is 0. The average molecular weight is 394 g/mol. The molecular formula is C17H13F3N4O4. The molecule has 0 bridgehead atoms. The van der Waals surface area contributed by atoms with Gasteiger partial charge in [0.15, 0.2) is 0 Å². The summed E-state index contributed by atoms with van der Waals surface area (Å²) in [7, 11) is 0. The predicted octanol–water partition coefficient (Wildman–Crippen LogP) is 2.61. The van der Waals surface area contributed by atoms with Crippen LogP contribution in [0.15, 0.2) is 39.8 Å². The third-order valence-corrected chi connectivity index (χ3v) is 3.82. The van der Waals surface area contributed by atoms with Gasteiger partial charge in [0.1, 0.15) is 18.0 Å². The van der Waals surface area contributed by atoms with E-state index in [0.717, 1.165) is 16.8 Å². The van der Waals surface area contributed by atoms with Crippen LogP contribution in [0.3, 0.4) is 0 Å². The van der Waals surface area contributed by atoms with Crippen LogP contribution in [0, 0.1) is 13.8 Å². The molecule has 146 valence electrons. The van der Waals surface area contributed by atoms with E-state index in [1.165, 1.54) is 25.1 Å². The summed E-state index contributed by atoms with van der Waals surface area (Å²) in [6.45, 7) is 2.65. The minimum absolute atomic E-state index is 0.120. The van der Waals surface area contributed by atoms with Crippen molar-refractivity contribution in [3.63, 3.8) is 0 Å². The van der Waals surface area contributed by atoms with Crippen LogP contribution in [0.1, 0.15) is 33.1 Å². The Hall–Kier alpha value is -3.50. The standard InChI is InChI=1S/C17H13F3N4O4/c1-9-7-14(25)15(16(26)27-8-12-10(2)22-28-23-12)21-24(9)13-6-4-3-5-11(13)17(18,19)20/h3-7H,8H2,1-2H3. The topological polar surface area (TPSA) is 100 Å². The number of aryl methyl sites for hydroxylation is 2. The molecule has 0 spiro atoms. The highest BCUT2D eigenvalue weighted by atomic mass is 19.4. The highest BCUT2D eigenvalue weighted by molar-refractivity contribution is 5.86. The smallest absolute Gasteiger partial charge is 0.418 e. The fourth-order valence-electron chi connectivity index (χ4n) is 2.41. The third kappa shape index (κ3) is 3.77. The van der Waals surface area contributed by atoms with Gasteiger partial charge in [-0.15, -0.1) is 0 Å². The van der Waals surface area contributed by atoms with E-state index in [1.807, 2.05) is 0 Å². The molecule has 0 N–H and O–H groups in total. The molecule has 11 heteroatoms. The summed E-state index contributed by atoms with van der Waals surface area (Å²) in [5.41, 5.74) is -1.97. The van der Waals surface area contributed by atoms with Crippen molar-refractivity contribution >= 4 is 5.97 Å². The van der Waals surface area contributed by atoms with E-state index in [4.69, 9.17) is 4.74 Å². The quantitative estimate of drug-likeness (QED) is 0.627. The molecule has 0 atom stereocenters. The molecule has 3 rings (SSSR count). The van der Waals surface area contributed by atoms with Crippen molar-refractivity contribution in [1.82, 2.24) is 20.1 Å². The zero-order valence-corrected chi connectivity index (χ0v) is 14.6.